The lowest BCUT2D eigenvalue weighted by Gasteiger charge is -2.29. The average molecular weight is 391 g/mol. The molecule has 1 unspecified atom stereocenters. The number of hydrogen-bond donors (Lipinski definition) is 1. The van der Waals surface area contributed by atoms with Crippen molar-refractivity contribution >= 4 is 21.4 Å². The first-order valence-corrected chi connectivity index (χ1v) is 10.7. The average Bonchev–Trinajstić information content (AvgIpc) is 3.01. The number of amides is 1. The molecule has 1 atom stereocenters. The Morgan fingerprint density at radius 2 is 2.11 bits per heavy atom. The highest BCUT2D eigenvalue weighted by molar-refractivity contribution is 7.91. The van der Waals surface area contributed by atoms with E-state index in [0.717, 1.165) is 0 Å². The molecule has 3 rings (SSSR count). The fourth-order valence-electron chi connectivity index (χ4n) is 3.30. The molecule has 1 aromatic heterocycles. The summed E-state index contributed by atoms with van der Waals surface area (Å²) < 4.78 is 37.2. The highest BCUT2D eigenvalue weighted by Gasteiger charge is 2.32. The number of pyridine rings is 1. The number of hydrogen-bond acceptors (Lipinski definition) is 5. The molecule has 27 heavy (non-hydrogen) atoms. The van der Waals surface area contributed by atoms with E-state index in [1.165, 1.54) is 12.3 Å². The number of halogens is 1. The number of rotatable bonds is 6. The van der Waals surface area contributed by atoms with Crippen LogP contribution in [-0.2, 0) is 16.4 Å². The SMILES string of the molecule is CCN(c1cncc(C(=O)NCc2ccccc2F)c1)C1CCS(=O)(=O)C1. The quantitative estimate of drug-likeness (QED) is 0.816. The number of aromatic nitrogens is 1. The van der Waals surface area contributed by atoms with Crippen molar-refractivity contribution in [3.8, 4) is 0 Å². The third kappa shape index (κ3) is 4.63. The molecule has 0 spiro atoms. The minimum absolute atomic E-state index is 0.0775. The van der Waals surface area contributed by atoms with Crippen molar-refractivity contribution in [3.63, 3.8) is 0 Å². The highest BCUT2D eigenvalue weighted by atomic mass is 32.2. The molecular formula is C19H22FN3O3S. The summed E-state index contributed by atoms with van der Waals surface area (Å²) in [5, 5.41) is 2.69. The standard InChI is InChI=1S/C19H22FN3O3S/c1-2-23(16-7-8-27(25,26)13-16)17-9-15(10-21-12-17)19(24)22-11-14-5-3-4-6-18(14)20/h3-6,9-10,12,16H,2,7-8,11,13H2,1H3,(H,22,24). The summed E-state index contributed by atoms with van der Waals surface area (Å²) in [5.74, 6) is -0.429. The molecule has 1 fully saturated rings. The van der Waals surface area contributed by atoms with Crippen LogP contribution in [0.5, 0.6) is 0 Å². The molecule has 1 N–H and O–H groups in total. The maximum Gasteiger partial charge on any atom is 0.253 e. The van der Waals surface area contributed by atoms with Gasteiger partial charge in [-0.1, -0.05) is 18.2 Å². The molecule has 0 radical (unpaired) electrons. The summed E-state index contributed by atoms with van der Waals surface area (Å²) in [5.41, 5.74) is 1.46. The summed E-state index contributed by atoms with van der Waals surface area (Å²) in [6, 6.07) is 7.84. The smallest absolute Gasteiger partial charge is 0.253 e. The van der Waals surface area contributed by atoms with Gasteiger partial charge in [0.1, 0.15) is 5.82 Å². The van der Waals surface area contributed by atoms with E-state index in [1.54, 1.807) is 30.5 Å². The molecule has 1 amide bonds. The maximum atomic E-state index is 13.7. The van der Waals surface area contributed by atoms with Crippen molar-refractivity contribution in [2.45, 2.75) is 25.9 Å². The normalized spacial score (nSPS) is 18.2. The van der Waals surface area contributed by atoms with Crippen LogP contribution in [0.15, 0.2) is 42.7 Å². The lowest BCUT2D eigenvalue weighted by molar-refractivity contribution is 0.0950. The first-order chi connectivity index (χ1) is 12.9. The molecule has 1 aliphatic rings. The molecule has 2 heterocycles. The maximum absolute atomic E-state index is 13.7. The monoisotopic (exact) mass is 391 g/mol. The minimum atomic E-state index is -3.01. The van der Waals surface area contributed by atoms with E-state index in [4.69, 9.17) is 0 Å². The van der Waals surface area contributed by atoms with E-state index < -0.39 is 9.84 Å². The topological polar surface area (TPSA) is 79.4 Å². The Bertz CT molecular complexity index is 933. The lowest BCUT2D eigenvalue weighted by Crippen LogP contribution is -2.36. The summed E-state index contributed by atoms with van der Waals surface area (Å²) >= 11 is 0. The van der Waals surface area contributed by atoms with Crippen LogP contribution in [0.2, 0.25) is 0 Å². The fraction of sp³-hybridized carbons (Fsp3) is 0.368. The van der Waals surface area contributed by atoms with Crippen LogP contribution < -0.4 is 10.2 Å². The molecule has 1 aliphatic heterocycles. The third-order valence-electron chi connectivity index (χ3n) is 4.70. The van der Waals surface area contributed by atoms with Crippen LogP contribution in [0.1, 0.15) is 29.3 Å². The molecule has 1 saturated heterocycles. The van der Waals surface area contributed by atoms with Crippen molar-refractivity contribution in [1.82, 2.24) is 10.3 Å². The Morgan fingerprint density at radius 1 is 1.33 bits per heavy atom. The van der Waals surface area contributed by atoms with Crippen molar-refractivity contribution in [2.75, 3.05) is 23.0 Å². The van der Waals surface area contributed by atoms with Gasteiger partial charge in [-0.25, -0.2) is 12.8 Å². The Kier molecular flexibility index (Phi) is 5.74. The second-order valence-electron chi connectivity index (χ2n) is 6.55. The van der Waals surface area contributed by atoms with E-state index in [1.807, 2.05) is 11.8 Å². The van der Waals surface area contributed by atoms with Gasteiger partial charge in [-0.05, 0) is 25.5 Å². The van der Waals surface area contributed by atoms with Crippen molar-refractivity contribution in [1.29, 1.82) is 0 Å². The van der Waals surface area contributed by atoms with Crippen LogP contribution in [-0.4, -0.2) is 43.4 Å². The Labute approximate surface area is 158 Å². The van der Waals surface area contributed by atoms with Crippen molar-refractivity contribution in [3.05, 3.63) is 59.7 Å². The number of sulfone groups is 1. The van der Waals surface area contributed by atoms with Gasteiger partial charge in [0.15, 0.2) is 9.84 Å². The van der Waals surface area contributed by atoms with Crippen LogP contribution in [0.3, 0.4) is 0 Å². The van der Waals surface area contributed by atoms with Gasteiger partial charge in [-0.2, -0.15) is 0 Å². The van der Waals surface area contributed by atoms with Crippen molar-refractivity contribution in [2.24, 2.45) is 0 Å². The van der Waals surface area contributed by atoms with Gasteiger partial charge in [0, 0.05) is 30.9 Å². The zero-order valence-electron chi connectivity index (χ0n) is 15.1. The minimum Gasteiger partial charge on any atom is -0.367 e. The zero-order valence-corrected chi connectivity index (χ0v) is 15.9. The molecular weight excluding hydrogens is 369 g/mol. The Balaban J connectivity index is 1.72. The first-order valence-electron chi connectivity index (χ1n) is 8.83. The number of carbonyl (C=O) groups is 1. The summed E-state index contributed by atoms with van der Waals surface area (Å²) in [4.78, 5) is 18.5. The van der Waals surface area contributed by atoms with Gasteiger partial charge < -0.3 is 10.2 Å². The summed E-state index contributed by atoms with van der Waals surface area (Å²) in [6.07, 6.45) is 3.64. The number of anilines is 1. The van der Waals surface area contributed by atoms with Crippen LogP contribution >= 0.6 is 0 Å². The zero-order chi connectivity index (χ0) is 19.4. The van der Waals surface area contributed by atoms with Gasteiger partial charge in [0.25, 0.3) is 5.91 Å². The third-order valence-corrected chi connectivity index (χ3v) is 6.46. The second kappa shape index (κ2) is 8.04. The van der Waals surface area contributed by atoms with Gasteiger partial charge in [0.05, 0.1) is 29.0 Å². The Morgan fingerprint density at radius 3 is 2.78 bits per heavy atom. The molecule has 8 heteroatoms. The molecule has 1 aromatic carbocycles. The van der Waals surface area contributed by atoms with Gasteiger partial charge in [-0.15, -0.1) is 0 Å². The molecule has 144 valence electrons. The van der Waals surface area contributed by atoms with E-state index in [9.17, 15) is 17.6 Å². The first kappa shape index (κ1) is 19.3. The second-order valence-corrected chi connectivity index (χ2v) is 8.78. The molecule has 2 aromatic rings. The fourth-order valence-corrected chi connectivity index (χ4v) is 5.03. The van der Waals surface area contributed by atoms with Gasteiger partial charge >= 0.3 is 0 Å². The molecule has 6 nitrogen and oxygen atoms in total. The number of carbonyl (C=O) groups excluding carboxylic acids is 1. The molecule has 0 aliphatic carbocycles. The van der Waals surface area contributed by atoms with Gasteiger partial charge in [-0.3, -0.25) is 9.78 Å². The van der Waals surface area contributed by atoms with Crippen LogP contribution in [0, 0.1) is 5.82 Å². The molecule has 0 bridgehead atoms. The highest BCUT2D eigenvalue weighted by Crippen LogP contribution is 2.24. The summed E-state index contributed by atoms with van der Waals surface area (Å²) in [7, 11) is -3.01. The Hall–Kier alpha value is -2.48. The van der Waals surface area contributed by atoms with E-state index in [0.29, 0.717) is 29.8 Å². The van der Waals surface area contributed by atoms with Crippen LogP contribution in [0.4, 0.5) is 10.1 Å². The van der Waals surface area contributed by atoms with E-state index >= 15 is 0 Å². The van der Waals surface area contributed by atoms with E-state index in [-0.39, 0.29) is 35.8 Å². The number of benzene rings is 1. The lowest BCUT2D eigenvalue weighted by atomic mass is 10.1. The molecule has 0 saturated carbocycles. The number of nitrogens with zero attached hydrogens (tertiary/aromatic N) is 2. The summed E-state index contributed by atoms with van der Waals surface area (Å²) in [6.45, 7) is 2.63. The van der Waals surface area contributed by atoms with E-state index in [2.05, 4.69) is 10.3 Å². The number of nitrogens with one attached hydrogen (secondary N) is 1. The van der Waals surface area contributed by atoms with Gasteiger partial charge in [0.2, 0.25) is 0 Å². The predicted molar refractivity (Wildman–Crippen MR) is 102 cm³/mol. The predicted octanol–water partition coefficient (Wildman–Crippen LogP) is 2.16. The van der Waals surface area contributed by atoms with Crippen molar-refractivity contribution < 1.29 is 17.6 Å². The van der Waals surface area contributed by atoms with Crippen LogP contribution in [0.25, 0.3) is 0 Å². The largest absolute Gasteiger partial charge is 0.367 e.